The molecule has 2 unspecified atom stereocenters. The molecular formula is C22H19N9. The van der Waals surface area contributed by atoms with E-state index in [2.05, 4.69) is 53.0 Å². The fraction of sp³-hybridized carbons (Fsp3) is 0.273. The molecule has 0 aromatic carbocycles. The number of anilines is 1. The lowest BCUT2D eigenvalue weighted by Gasteiger charge is -2.24. The van der Waals surface area contributed by atoms with E-state index in [0.29, 0.717) is 12.1 Å². The van der Waals surface area contributed by atoms with Crippen molar-refractivity contribution in [1.29, 1.82) is 10.5 Å². The Bertz CT molecular complexity index is 1310. The van der Waals surface area contributed by atoms with Gasteiger partial charge >= 0.3 is 0 Å². The quantitative estimate of drug-likeness (QED) is 0.537. The number of hydrogen-bond acceptors (Lipinski definition) is 7. The molecule has 4 aromatic heterocycles. The average Bonchev–Trinajstić information content (AvgIpc) is 3.57. The Hall–Kier alpha value is -4.24. The van der Waals surface area contributed by atoms with Gasteiger partial charge in [0, 0.05) is 42.6 Å². The standard InChI is InChI=1S/C22H19N9/c23-6-1-19(15-4-9-31(12-15)20-3-8-28-29-18(20)11-24)30-10-5-16(13-30)21-17-2-7-25-22(17)27-14-26-21/h2-3,5,7-8,10,13-15,19H,1,4,9,12H2,(H,25,26,27). The molecule has 0 aliphatic carbocycles. The van der Waals surface area contributed by atoms with Crippen LogP contribution in [0.1, 0.15) is 24.6 Å². The Balaban J connectivity index is 1.42. The van der Waals surface area contributed by atoms with Crippen LogP contribution in [0.5, 0.6) is 0 Å². The summed E-state index contributed by atoms with van der Waals surface area (Å²) in [6, 6.07) is 10.3. The highest BCUT2D eigenvalue weighted by atomic mass is 15.2. The van der Waals surface area contributed by atoms with Crippen LogP contribution in [0.15, 0.2) is 49.3 Å². The average molecular weight is 409 g/mol. The highest BCUT2D eigenvalue weighted by Gasteiger charge is 2.32. The molecule has 0 bridgehead atoms. The third-order valence-corrected chi connectivity index (χ3v) is 5.94. The fourth-order valence-electron chi connectivity index (χ4n) is 4.45. The number of nitrogens with zero attached hydrogens (tertiary/aromatic N) is 8. The summed E-state index contributed by atoms with van der Waals surface area (Å²) in [5.74, 6) is 0.275. The lowest BCUT2D eigenvalue weighted by atomic mass is 9.96. The minimum Gasteiger partial charge on any atom is -0.369 e. The van der Waals surface area contributed by atoms with Crippen LogP contribution in [0.2, 0.25) is 0 Å². The molecule has 1 fully saturated rings. The van der Waals surface area contributed by atoms with Crippen LogP contribution in [0.25, 0.3) is 22.3 Å². The third kappa shape index (κ3) is 3.36. The Morgan fingerprint density at radius 1 is 1.23 bits per heavy atom. The van der Waals surface area contributed by atoms with E-state index in [1.54, 1.807) is 12.5 Å². The fourth-order valence-corrected chi connectivity index (χ4v) is 4.45. The van der Waals surface area contributed by atoms with Gasteiger partial charge in [-0.2, -0.15) is 15.6 Å². The number of aromatic nitrogens is 6. The number of H-pyrrole nitrogens is 1. The summed E-state index contributed by atoms with van der Waals surface area (Å²) in [6.45, 7) is 1.58. The van der Waals surface area contributed by atoms with Gasteiger partial charge in [0.25, 0.3) is 0 Å². The van der Waals surface area contributed by atoms with Crippen molar-refractivity contribution in [2.45, 2.75) is 18.9 Å². The zero-order valence-corrected chi connectivity index (χ0v) is 16.7. The second-order valence-electron chi connectivity index (χ2n) is 7.61. The maximum Gasteiger partial charge on any atom is 0.186 e. The van der Waals surface area contributed by atoms with Crippen molar-refractivity contribution in [2.75, 3.05) is 18.0 Å². The maximum atomic E-state index is 9.50. The van der Waals surface area contributed by atoms with Crippen LogP contribution in [-0.2, 0) is 0 Å². The van der Waals surface area contributed by atoms with Gasteiger partial charge in [-0.1, -0.05) is 0 Å². The molecule has 152 valence electrons. The molecule has 5 heterocycles. The lowest BCUT2D eigenvalue weighted by Crippen LogP contribution is -2.25. The van der Waals surface area contributed by atoms with E-state index in [1.165, 1.54) is 0 Å². The number of nitrogens with one attached hydrogen (secondary N) is 1. The molecule has 1 saturated heterocycles. The van der Waals surface area contributed by atoms with Crippen LogP contribution in [0.3, 0.4) is 0 Å². The largest absolute Gasteiger partial charge is 0.369 e. The molecule has 4 aromatic rings. The van der Waals surface area contributed by atoms with Crippen LogP contribution < -0.4 is 4.90 Å². The molecule has 31 heavy (non-hydrogen) atoms. The highest BCUT2D eigenvalue weighted by Crippen LogP contribution is 2.35. The molecule has 0 radical (unpaired) electrons. The van der Waals surface area contributed by atoms with Crippen molar-refractivity contribution in [1.82, 2.24) is 29.7 Å². The van der Waals surface area contributed by atoms with Gasteiger partial charge in [0.1, 0.15) is 18.0 Å². The Morgan fingerprint density at radius 3 is 3.03 bits per heavy atom. The summed E-state index contributed by atoms with van der Waals surface area (Å²) < 4.78 is 2.13. The van der Waals surface area contributed by atoms with Crippen LogP contribution >= 0.6 is 0 Å². The molecule has 0 saturated carbocycles. The molecule has 5 rings (SSSR count). The van der Waals surface area contributed by atoms with E-state index < -0.39 is 0 Å². The summed E-state index contributed by atoms with van der Waals surface area (Å²) in [7, 11) is 0. The van der Waals surface area contributed by atoms with Crippen LogP contribution in [0.4, 0.5) is 5.69 Å². The van der Waals surface area contributed by atoms with E-state index in [9.17, 15) is 10.5 Å². The topological polar surface area (TPSA) is 123 Å². The zero-order valence-electron chi connectivity index (χ0n) is 16.7. The van der Waals surface area contributed by atoms with Gasteiger partial charge in [-0.25, -0.2) is 9.97 Å². The number of nitriles is 2. The first-order chi connectivity index (χ1) is 15.3. The van der Waals surface area contributed by atoms with Crippen LogP contribution in [-0.4, -0.2) is 42.8 Å². The van der Waals surface area contributed by atoms with Gasteiger partial charge in [-0.3, -0.25) is 0 Å². The Labute approximate surface area is 178 Å². The third-order valence-electron chi connectivity index (χ3n) is 5.94. The SMILES string of the molecule is N#CCC(C1CCN(c2ccnnc2C#N)C1)n1ccc(-c2ncnc3[nH]ccc23)c1. The van der Waals surface area contributed by atoms with Crippen molar-refractivity contribution in [3.8, 4) is 23.4 Å². The Kier molecular flexibility index (Phi) is 4.77. The predicted octanol–water partition coefficient (Wildman–Crippen LogP) is 3.07. The van der Waals surface area contributed by atoms with Crippen LogP contribution in [0, 0.1) is 28.6 Å². The minimum absolute atomic E-state index is 0.0348. The van der Waals surface area contributed by atoms with Gasteiger partial charge in [-0.15, -0.1) is 5.10 Å². The predicted molar refractivity (Wildman–Crippen MR) is 114 cm³/mol. The molecule has 1 N–H and O–H groups in total. The molecule has 2 atom stereocenters. The number of fused-ring (bicyclic) bond motifs is 1. The summed E-state index contributed by atoms with van der Waals surface area (Å²) in [4.78, 5) is 14.0. The van der Waals surface area contributed by atoms with E-state index in [1.807, 2.05) is 30.6 Å². The van der Waals surface area contributed by atoms with Crippen molar-refractivity contribution >= 4 is 16.7 Å². The van der Waals surface area contributed by atoms with Gasteiger partial charge in [0.15, 0.2) is 5.69 Å². The minimum atomic E-state index is 0.0348. The lowest BCUT2D eigenvalue weighted by molar-refractivity contribution is 0.360. The number of rotatable bonds is 5. The van der Waals surface area contributed by atoms with Gasteiger partial charge in [0.05, 0.1) is 36.1 Å². The first-order valence-electron chi connectivity index (χ1n) is 10.1. The molecule has 0 spiro atoms. The van der Waals surface area contributed by atoms with Gasteiger partial charge in [-0.05, 0) is 30.5 Å². The van der Waals surface area contributed by atoms with Crippen molar-refractivity contribution in [3.05, 3.63) is 55.0 Å². The first-order valence-corrected chi connectivity index (χ1v) is 10.1. The highest BCUT2D eigenvalue weighted by molar-refractivity contribution is 5.90. The van der Waals surface area contributed by atoms with E-state index in [-0.39, 0.29) is 12.0 Å². The molecule has 0 amide bonds. The molecule has 1 aliphatic rings. The first kappa shape index (κ1) is 18.8. The monoisotopic (exact) mass is 409 g/mol. The second kappa shape index (κ2) is 7.88. The number of aromatic amines is 1. The van der Waals surface area contributed by atoms with Crippen molar-refractivity contribution in [2.24, 2.45) is 5.92 Å². The van der Waals surface area contributed by atoms with Gasteiger partial charge in [0.2, 0.25) is 0 Å². The summed E-state index contributed by atoms with van der Waals surface area (Å²) in [5.41, 5.74) is 3.81. The van der Waals surface area contributed by atoms with Crippen molar-refractivity contribution in [3.63, 3.8) is 0 Å². The summed E-state index contributed by atoms with van der Waals surface area (Å²) in [6.07, 6.45) is 10.5. The molecule has 9 heteroatoms. The summed E-state index contributed by atoms with van der Waals surface area (Å²) >= 11 is 0. The number of hydrogen-bond donors (Lipinski definition) is 1. The van der Waals surface area contributed by atoms with E-state index >= 15 is 0 Å². The molecular weight excluding hydrogens is 390 g/mol. The summed E-state index contributed by atoms with van der Waals surface area (Å²) in [5, 5.41) is 27.6. The Morgan fingerprint density at radius 2 is 2.16 bits per heavy atom. The van der Waals surface area contributed by atoms with Gasteiger partial charge < -0.3 is 14.5 Å². The normalized spacial score (nSPS) is 16.8. The van der Waals surface area contributed by atoms with E-state index in [0.717, 1.165) is 47.5 Å². The molecule has 1 aliphatic heterocycles. The van der Waals surface area contributed by atoms with E-state index in [4.69, 9.17) is 0 Å². The zero-order chi connectivity index (χ0) is 21.2. The maximum absolute atomic E-state index is 9.50. The second-order valence-corrected chi connectivity index (χ2v) is 7.61. The smallest absolute Gasteiger partial charge is 0.186 e. The van der Waals surface area contributed by atoms with Crippen molar-refractivity contribution < 1.29 is 0 Å². The molecule has 9 nitrogen and oxygen atoms in total.